The van der Waals surface area contributed by atoms with Gasteiger partial charge in [-0.3, -0.25) is 10.2 Å². The summed E-state index contributed by atoms with van der Waals surface area (Å²) in [5.41, 5.74) is 7.42. The van der Waals surface area contributed by atoms with Gasteiger partial charge in [-0.05, 0) is 29.2 Å². The second-order valence-electron chi connectivity index (χ2n) is 5.93. The lowest BCUT2D eigenvalue weighted by Gasteiger charge is -2.07. The van der Waals surface area contributed by atoms with Crippen molar-refractivity contribution in [1.29, 1.82) is 0 Å². The van der Waals surface area contributed by atoms with Gasteiger partial charge < -0.3 is 9.84 Å². The van der Waals surface area contributed by atoms with Crippen LogP contribution in [0.3, 0.4) is 0 Å². The van der Waals surface area contributed by atoms with Gasteiger partial charge in [-0.2, -0.15) is 5.10 Å². The van der Waals surface area contributed by atoms with E-state index in [9.17, 15) is 9.90 Å². The molecule has 3 rings (SSSR count). The first kappa shape index (κ1) is 19.7. The van der Waals surface area contributed by atoms with Crippen molar-refractivity contribution in [1.82, 2.24) is 4.98 Å². The Morgan fingerprint density at radius 3 is 2.79 bits per heavy atom. The van der Waals surface area contributed by atoms with Crippen molar-refractivity contribution in [3.05, 3.63) is 70.7 Å². The van der Waals surface area contributed by atoms with Crippen LogP contribution >= 0.6 is 11.3 Å². The fourth-order valence-corrected chi connectivity index (χ4v) is 3.31. The van der Waals surface area contributed by atoms with E-state index >= 15 is 0 Å². The molecule has 2 aromatic carbocycles. The second-order valence-corrected chi connectivity index (χ2v) is 6.79. The molecule has 144 valence electrons. The highest BCUT2D eigenvalue weighted by atomic mass is 32.1. The van der Waals surface area contributed by atoms with Gasteiger partial charge in [0, 0.05) is 5.38 Å². The fraction of sp³-hybridized carbons (Fsp3) is 0.190. The van der Waals surface area contributed by atoms with Crippen molar-refractivity contribution in [3.8, 4) is 11.1 Å². The highest BCUT2D eigenvalue weighted by Gasteiger charge is 2.08. The molecule has 0 bridgehead atoms. The number of nitrogens with zero attached hydrogens (tertiary/aromatic N) is 2. The molecule has 0 aliphatic carbocycles. The van der Waals surface area contributed by atoms with Crippen LogP contribution in [0, 0.1) is 0 Å². The molecule has 1 heterocycles. The van der Waals surface area contributed by atoms with E-state index in [4.69, 9.17) is 4.74 Å². The monoisotopic (exact) mass is 395 g/mol. The van der Waals surface area contributed by atoms with Crippen molar-refractivity contribution in [3.63, 3.8) is 0 Å². The van der Waals surface area contributed by atoms with Gasteiger partial charge in [0.25, 0.3) is 0 Å². The Morgan fingerprint density at radius 1 is 1.25 bits per heavy atom. The van der Waals surface area contributed by atoms with Crippen molar-refractivity contribution in [2.45, 2.75) is 20.0 Å². The number of ether oxygens (including phenoxy) is 1. The average Bonchev–Trinajstić information content (AvgIpc) is 3.15. The van der Waals surface area contributed by atoms with Gasteiger partial charge in [0.15, 0.2) is 0 Å². The molecule has 1 aromatic heterocycles. The van der Waals surface area contributed by atoms with E-state index in [2.05, 4.69) is 15.5 Å². The molecule has 28 heavy (non-hydrogen) atoms. The number of rotatable bonds is 8. The number of aliphatic hydroxyl groups excluding tert-OH is 1. The van der Waals surface area contributed by atoms with E-state index < -0.39 is 0 Å². The third-order valence-electron chi connectivity index (χ3n) is 3.97. The molecule has 0 saturated carbocycles. The van der Waals surface area contributed by atoms with Crippen molar-refractivity contribution >= 4 is 28.7 Å². The van der Waals surface area contributed by atoms with E-state index in [1.807, 2.05) is 53.9 Å². The van der Waals surface area contributed by atoms with Gasteiger partial charge in [0.2, 0.25) is 5.13 Å². The molecule has 0 spiro atoms. The normalized spacial score (nSPS) is 10.9. The van der Waals surface area contributed by atoms with Crippen LogP contribution in [-0.2, 0) is 22.6 Å². The van der Waals surface area contributed by atoms with Gasteiger partial charge in [-0.25, -0.2) is 4.98 Å². The summed E-state index contributed by atoms with van der Waals surface area (Å²) in [6.07, 6.45) is 1.86. The summed E-state index contributed by atoms with van der Waals surface area (Å²) in [7, 11) is 0. The molecule has 0 aliphatic heterocycles. The maximum atomic E-state index is 11.5. The third-order valence-corrected chi connectivity index (χ3v) is 4.76. The second kappa shape index (κ2) is 9.77. The zero-order valence-electron chi connectivity index (χ0n) is 15.5. The summed E-state index contributed by atoms with van der Waals surface area (Å²) >= 11 is 1.38. The number of anilines is 1. The summed E-state index contributed by atoms with van der Waals surface area (Å²) < 4.78 is 4.91. The first-order valence-electron chi connectivity index (χ1n) is 8.88. The lowest BCUT2D eigenvalue weighted by molar-refractivity contribution is -0.142. The quantitative estimate of drug-likeness (QED) is 0.344. The van der Waals surface area contributed by atoms with Gasteiger partial charge >= 0.3 is 5.97 Å². The molecule has 0 aliphatic rings. The largest absolute Gasteiger partial charge is 0.466 e. The van der Waals surface area contributed by atoms with E-state index in [0.29, 0.717) is 17.4 Å². The van der Waals surface area contributed by atoms with Gasteiger partial charge in [-0.1, -0.05) is 48.5 Å². The predicted molar refractivity (Wildman–Crippen MR) is 111 cm³/mol. The smallest absolute Gasteiger partial charge is 0.311 e. The van der Waals surface area contributed by atoms with Crippen LogP contribution in [0.5, 0.6) is 0 Å². The molecule has 0 atom stereocenters. The zero-order chi connectivity index (χ0) is 19.8. The molecule has 0 fully saturated rings. The molecule has 0 radical (unpaired) electrons. The van der Waals surface area contributed by atoms with Gasteiger partial charge in [0.1, 0.15) is 0 Å². The van der Waals surface area contributed by atoms with E-state index in [0.717, 1.165) is 22.3 Å². The lowest BCUT2D eigenvalue weighted by Crippen LogP contribution is -2.07. The minimum atomic E-state index is -0.286. The lowest BCUT2D eigenvalue weighted by atomic mass is 9.99. The minimum absolute atomic E-state index is 0.00920. The van der Waals surface area contributed by atoms with Crippen molar-refractivity contribution in [2.75, 3.05) is 12.0 Å². The summed E-state index contributed by atoms with van der Waals surface area (Å²) in [5.74, 6) is -0.286. The Hall–Kier alpha value is -3.03. The van der Waals surface area contributed by atoms with E-state index in [1.54, 1.807) is 13.1 Å². The van der Waals surface area contributed by atoms with Gasteiger partial charge in [0.05, 0.1) is 31.5 Å². The molecule has 0 amide bonds. The van der Waals surface area contributed by atoms with Crippen molar-refractivity contribution in [2.24, 2.45) is 5.10 Å². The molecular formula is C21H21N3O3S. The van der Waals surface area contributed by atoms with Crippen LogP contribution in [-0.4, -0.2) is 28.9 Å². The van der Waals surface area contributed by atoms with Crippen LogP contribution in [0.15, 0.2) is 59.0 Å². The first-order chi connectivity index (χ1) is 13.7. The van der Waals surface area contributed by atoms with Crippen molar-refractivity contribution < 1.29 is 14.6 Å². The highest BCUT2D eigenvalue weighted by Crippen LogP contribution is 2.24. The molecule has 3 aromatic rings. The van der Waals surface area contributed by atoms with Crippen LogP contribution in [0.2, 0.25) is 0 Å². The Balaban J connectivity index is 1.59. The summed E-state index contributed by atoms with van der Waals surface area (Å²) in [6, 6.07) is 15.7. The number of carbonyl (C=O) groups excluding carboxylic acids is 1. The Labute approximate surface area is 167 Å². The fourth-order valence-electron chi connectivity index (χ4n) is 2.65. The number of hydrogen-bond acceptors (Lipinski definition) is 7. The maximum absolute atomic E-state index is 11.5. The molecule has 0 saturated heterocycles. The SMILES string of the molecule is CCOC(=O)Cc1csc(NN=Cc2ccc(-c3ccccc3CO)cc2)n1. The van der Waals surface area contributed by atoms with E-state index in [1.165, 1.54) is 11.3 Å². The van der Waals surface area contributed by atoms with Gasteiger partial charge in [-0.15, -0.1) is 11.3 Å². The average molecular weight is 395 g/mol. The predicted octanol–water partition coefficient (Wildman–Crippen LogP) is 3.85. The topological polar surface area (TPSA) is 83.8 Å². The molecule has 2 N–H and O–H groups in total. The van der Waals surface area contributed by atoms with E-state index in [-0.39, 0.29) is 19.0 Å². The number of nitrogens with one attached hydrogen (secondary N) is 1. The zero-order valence-corrected chi connectivity index (χ0v) is 16.3. The van der Waals surface area contributed by atoms with Crippen LogP contribution in [0.1, 0.15) is 23.7 Å². The first-order valence-corrected chi connectivity index (χ1v) is 9.76. The van der Waals surface area contributed by atoms with Crippen LogP contribution in [0.4, 0.5) is 5.13 Å². The van der Waals surface area contributed by atoms with Crippen LogP contribution < -0.4 is 5.43 Å². The number of carbonyl (C=O) groups is 1. The number of thiazole rings is 1. The number of hydrazone groups is 1. The number of benzene rings is 2. The number of aliphatic hydroxyl groups is 1. The highest BCUT2D eigenvalue weighted by molar-refractivity contribution is 7.13. The Kier molecular flexibility index (Phi) is 6.89. The molecule has 0 unspecified atom stereocenters. The Bertz CT molecular complexity index is 952. The number of esters is 1. The summed E-state index contributed by atoms with van der Waals surface area (Å²) in [4.78, 5) is 15.8. The molecule has 6 nitrogen and oxygen atoms in total. The number of hydrogen-bond donors (Lipinski definition) is 2. The standard InChI is InChI=1S/C21H21N3O3S/c1-2-27-20(26)11-18-14-28-21(23-18)24-22-12-15-7-9-16(10-8-15)19-6-4-3-5-17(19)13-25/h3-10,12,14,25H,2,11,13H2,1H3,(H,23,24). The molecular weight excluding hydrogens is 374 g/mol. The molecule has 7 heteroatoms. The third kappa shape index (κ3) is 5.25. The summed E-state index contributed by atoms with van der Waals surface area (Å²) in [5, 5.41) is 16.1. The Morgan fingerprint density at radius 2 is 2.04 bits per heavy atom. The maximum Gasteiger partial charge on any atom is 0.311 e. The minimum Gasteiger partial charge on any atom is -0.466 e. The number of aromatic nitrogens is 1. The summed E-state index contributed by atoms with van der Waals surface area (Å²) in [6.45, 7) is 2.15. The van der Waals surface area contributed by atoms with Crippen LogP contribution in [0.25, 0.3) is 11.1 Å².